The molecule has 138 valence electrons. The molecule has 25 heavy (non-hydrogen) atoms. The summed E-state index contributed by atoms with van der Waals surface area (Å²) < 4.78 is 2.08. The Morgan fingerprint density at radius 2 is 2.28 bits per heavy atom. The van der Waals surface area contributed by atoms with Gasteiger partial charge in [0.2, 0.25) is 0 Å². The van der Waals surface area contributed by atoms with Crippen molar-refractivity contribution in [3.05, 3.63) is 33.5 Å². The minimum absolute atomic E-state index is 0. The molecule has 0 amide bonds. The van der Waals surface area contributed by atoms with Gasteiger partial charge in [0.05, 0.1) is 17.2 Å². The predicted molar refractivity (Wildman–Crippen MR) is 114 cm³/mol. The Morgan fingerprint density at radius 3 is 2.92 bits per heavy atom. The van der Waals surface area contributed by atoms with Crippen LogP contribution in [0.2, 0.25) is 0 Å². The van der Waals surface area contributed by atoms with E-state index in [0.29, 0.717) is 12.1 Å². The molecule has 0 bridgehead atoms. The zero-order valence-corrected chi connectivity index (χ0v) is 18.4. The fourth-order valence-electron chi connectivity index (χ4n) is 2.95. The number of aliphatic imine (C=N–C) groups is 1. The molecular weight excluding hydrogens is 447 g/mol. The SMILES string of the molecule is CN=C(NCc1cnc(C)s1)NC1CCc2cn(C(C)C)nc2C1.I. The average Bonchev–Trinajstić information content (AvgIpc) is 3.17. The van der Waals surface area contributed by atoms with Gasteiger partial charge >= 0.3 is 0 Å². The van der Waals surface area contributed by atoms with E-state index in [-0.39, 0.29) is 24.0 Å². The molecule has 1 aliphatic rings. The molecule has 0 radical (unpaired) electrons. The summed E-state index contributed by atoms with van der Waals surface area (Å²) in [5.41, 5.74) is 2.62. The molecule has 2 aromatic heterocycles. The van der Waals surface area contributed by atoms with Crippen molar-refractivity contribution >= 4 is 41.3 Å². The van der Waals surface area contributed by atoms with Crippen molar-refractivity contribution in [3.63, 3.8) is 0 Å². The highest BCUT2D eigenvalue weighted by Crippen LogP contribution is 2.21. The van der Waals surface area contributed by atoms with Crippen molar-refractivity contribution in [2.75, 3.05) is 7.05 Å². The standard InChI is InChI=1S/C17H26N6S.HI/c1-11(2)23-10-13-5-6-14(7-16(13)22-23)21-17(18-4)20-9-15-8-19-12(3)24-15;/h8,10-11,14H,5-7,9H2,1-4H3,(H2,18,20,21);1H. The van der Waals surface area contributed by atoms with Crippen molar-refractivity contribution in [1.29, 1.82) is 0 Å². The number of guanidine groups is 1. The number of halogens is 1. The lowest BCUT2D eigenvalue weighted by atomic mass is 9.94. The maximum absolute atomic E-state index is 4.74. The number of aryl methyl sites for hydroxylation is 2. The summed E-state index contributed by atoms with van der Waals surface area (Å²) in [5, 5.41) is 12.7. The molecule has 1 atom stereocenters. The van der Waals surface area contributed by atoms with Gasteiger partial charge in [0.1, 0.15) is 0 Å². The number of nitrogens with one attached hydrogen (secondary N) is 2. The summed E-state index contributed by atoms with van der Waals surface area (Å²) in [7, 11) is 1.81. The van der Waals surface area contributed by atoms with Crippen LogP contribution in [0, 0.1) is 6.92 Å². The lowest BCUT2D eigenvalue weighted by Gasteiger charge is -2.24. The normalized spacial score (nSPS) is 17.2. The first kappa shape index (κ1) is 20.2. The third kappa shape index (κ3) is 5.16. The average molecular weight is 474 g/mol. The molecule has 3 rings (SSSR count). The molecule has 0 aliphatic heterocycles. The largest absolute Gasteiger partial charge is 0.353 e. The smallest absolute Gasteiger partial charge is 0.191 e. The zero-order chi connectivity index (χ0) is 17.1. The third-order valence-corrected chi connectivity index (χ3v) is 5.20. The first-order valence-corrected chi connectivity index (χ1v) is 9.32. The molecule has 1 unspecified atom stereocenters. The van der Waals surface area contributed by atoms with Crippen molar-refractivity contribution in [2.24, 2.45) is 4.99 Å². The molecule has 2 N–H and O–H groups in total. The highest BCUT2D eigenvalue weighted by Gasteiger charge is 2.23. The molecule has 2 aromatic rings. The van der Waals surface area contributed by atoms with Gasteiger partial charge in [-0.15, -0.1) is 35.3 Å². The van der Waals surface area contributed by atoms with Crippen LogP contribution in [-0.4, -0.2) is 33.8 Å². The Balaban J connectivity index is 0.00000225. The van der Waals surface area contributed by atoms with E-state index in [0.717, 1.165) is 36.8 Å². The minimum atomic E-state index is 0. The van der Waals surface area contributed by atoms with Crippen molar-refractivity contribution < 1.29 is 0 Å². The Labute approximate surface area is 170 Å². The topological polar surface area (TPSA) is 67.1 Å². The molecule has 6 nitrogen and oxygen atoms in total. The molecule has 0 saturated heterocycles. The van der Waals surface area contributed by atoms with Gasteiger partial charge in [0, 0.05) is 42.8 Å². The summed E-state index contributed by atoms with van der Waals surface area (Å²) in [5.74, 6) is 0.845. The first-order valence-electron chi connectivity index (χ1n) is 8.50. The quantitative estimate of drug-likeness (QED) is 0.406. The van der Waals surface area contributed by atoms with Crippen LogP contribution in [0.15, 0.2) is 17.4 Å². The lowest BCUT2D eigenvalue weighted by Crippen LogP contribution is -2.45. The van der Waals surface area contributed by atoms with Gasteiger partial charge < -0.3 is 10.6 Å². The van der Waals surface area contributed by atoms with Gasteiger partial charge in [0.25, 0.3) is 0 Å². The van der Waals surface area contributed by atoms with Crippen LogP contribution in [-0.2, 0) is 19.4 Å². The number of hydrogen-bond acceptors (Lipinski definition) is 4. The zero-order valence-electron chi connectivity index (χ0n) is 15.2. The minimum Gasteiger partial charge on any atom is -0.353 e. The summed E-state index contributed by atoms with van der Waals surface area (Å²) in [4.78, 5) is 9.85. The maximum Gasteiger partial charge on any atom is 0.191 e. The van der Waals surface area contributed by atoms with E-state index in [1.165, 1.54) is 16.1 Å². The van der Waals surface area contributed by atoms with Crippen LogP contribution in [0.4, 0.5) is 0 Å². The second-order valence-corrected chi connectivity index (χ2v) is 7.85. The molecule has 0 saturated carbocycles. The van der Waals surface area contributed by atoms with Crippen molar-refractivity contribution in [1.82, 2.24) is 25.4 Å². The van der Waals surface area contributed by atoms with E-state index < -0.39 is 0 Å². The Bertz CT molecular complexity index is 721. The van der Waals surface area contributed by atoms with E-state index in [9.17, 15) is 0 Å². The van der Waals surface area contributed by atoms with Crippen molar-refractivity contribution in [3.8, 4) is 0 Å². The van der Waals surface area contributed by atoms with Gasteiger partial charge in [0.15, 0.2) is 5.96 Å². The van der Waals surface area contributed by atoms with Gasteiger partial charge in [-0.3, -0.25) is 9.67 Å². The number of nitrogens with zero attached hydrogens (tertiary/aromatic N) is 4. The van der Waals surface area contributed by atoms with Crippen LogP contribution in [0.1, 0.15) is 47.5 Å². The summed E-state index contributed by atoms with van der Waals surface area (Å²) in [6, 6.07) is 0.793. The highest BCUT2D eigenvalue weighted by atomic mass is 127. The van der Waals surface area contributed by atoms with Crippen molar-refractivity contribution in [2.45, 2.75) is 58.7 Å². The van der Waals surface area contributed by atoms with E-state index >= 15 is 0 Å². The maximum atomic E-state index is 4.74. The third-order valence-electron chi connectivity index (χ3n) is 4.29. The summed E-state index contributed by atoms with van der Waals surface area (Å²) in [6.07, 6.45) is 7.26. The van der Waals surface area contributed by atoms with Gasteiger partial charge in [-0.2, -0.15) is 5.10 Å². The first-order chi connectivity index (χ1) is 11.5. The molecular formula is C17H27IN6S. The van der Waals surface area contributed by atoms with Crippen LogP contribution in [0.25, 0.3) is 0 Å². The molecule has 2 heterocycles. The fraction of sp³-hybridized carbons (Fsp3) is 0.588. The predicted octanol–water partition coefficient (Wildman–Crippen LogP) is 3.07. The monoisotopic (exact) mass is 474 g/mol. The molecule has 0 spiro atoms. The van der Waals surface area contributed by atoms with E-state index in [2.05, 4.69) is 45.3 Å². The summed E-state index contributed by atoms with van der Waals surface area (Å²) in [6.45, 7) is 7.12. The van der Waals surface area contributed by atoms with E-state index in [4.69, 9.17) is 5.10 Å². The summed E-state index contributed by atoms with van der Waals surface area (Å²) >= 11 is 1.71. The number of hydrogen-bond donors (Lipinski definition) is 2. The number of thiazole rings is 1. The highest BCUT2D eigenvalue weighted by molar-refractivity contribution is 14.0. The van der Waals surface area contributed by atoms with E-state index in [1.807, 2.05) is 20.2 Å². The lowest BCUT2D eigenvalue weighted by molar-refractivity contribution is 0.499. The molecule has 0 aromatic carbocycles. The van der Waals surface area contributed by atoms with Crippen LogP contribution in [0.5, 0.6) is 0 Å². The Morgan fingerprint density at radius 1 is 1.48 bits per heavy atom. The number of aromatic nitrogens is 3. The van der Waals surface area contributed by atoms with Gasteiger partial charge in [-0.25, -0.2) is 4.98 Å². The van der Waals surface area contributed by atoms with Gasteiger partial charge in [-0.05, 0) is 39.2 Å². The number of rotatable bonds is 4. The number of fused-ring (bicyclic) bond motifs is 1. The molecule has 8 heteroatoms. The Hall–Kier alpha value is -1.16. The second kappa shape index (κ2) is 8.98. The van der Waals surface area contributed by atoms with Gasteiger partial charge in [-0.1, -0.05) is 0 Å². The van der Waals surface area contributed by atoms with Crippen LogP contribution >= 0.6 is 35.3 Å². The van der Waals surface area contributed by atoms with Crippen LogP contribution < -0.4 is 10.6 Å². The van der Waals surface area contributed by atoms with E-state index in [1.54, 1.807) is 11.3 Å². The van der Waals surface area contributed by atoms with Crippen LogP contribution in [0.3, 0.4) is 0 Å². The fourth-order valence-corrected chi connectivity index (χ4v) is 3.68. The molecule has 0 fully saturated rings. The second-order valence-electron chi connectivity index (χ2n) is 6.53. The molecule has 1 aliphatic carbocycles. The Kier molecular flexibility index (Phi) is 7.24.